The van der Waals surface area contributed by atoms with E-state index in [2.05, 4.69) is 10.9 Å². The lowest BCUT2D eigenvalue weighted by atomic mass is 10.1. The average Bonchev–Trinajstić information content (AvgIpc) is 2.59. The predicted molar refractivity (Wildman–Crippen MR) is 99.6 cm³/mol. The van der Waals surface area contributed by atoms with Gasteiger partial charge in [-0.05, 0) is 63.6 Å². The van der Waals surface area contributed by atoms with Gasteiger partial charge in [0, 0.05) is 11.1 Å². The first-order valence-corrected chi connectivity index (χ1v) is 9.69. The number of hydrogen-bond acceptors (Lipinski definition) is 4. The van der Waals surface area contributed by atoms with Crippen LogP contribution in [-0.2, 0) is 9.84 Å². The number of amides is 2. The van der Waals surface area contributed by atoms with Crippen LogP contribution in [0, 0.1) is 13.8 Å². The number of carbonyl (C=O) groups is 2. The van der Waals surface area contributed by atoms with E-state index in [-0.39, 0.29) is 10.5 Å². The third kappa shape index (κ3) is 4.29. The minimum atomic E-state index is -3.39. The highest BCUT2D eigenvalue weighted by Gasteiger charge is 2.19. The van der Waals surface area contributed by atoms with Crippen molar-refractivity contribution in [1.29, 1.82) is 0 Å². The van der Waals surface area contributed by atoms with Crippen molar-refractivity contribution >= 4 is 21.7 Å². The third-order valence-corrected chi connectivity index (χ3v) is 6.15. The van der Waals surface area contributed by atoms with Gasteiger partial charge in [-0.15, -0.1) is 0 Å². The lowest BCUT2D eigenvalue weighted by Crippen LogP contribution is -2.41. The molecule has 0 fully saturated rings. The molecule has 2 aromatic carbocycles. The maximum Gasteiger partial charge on any atom is 0.269 e. The van der Waals surface area contributed by atoms with E-state index in [1.54, 1.807) is 19.9 Å². The number of hydrogen-bond donors (Lipinski definition) is 2. The summed E-state index contributed by atoms with van der Waals surface area (Å²) in [5, 5.41) is -0.542. The van der Waals surface area contributed by atoms with E-state index in [1.807, 2.05) is 26.0 Å². The molecule has 7 heteroatoms. The van der Waals surface area contributed by atoms with Crippen LogP contribution < -0.4 is 10.9 Å². The van der Waals surface area contributed by atoms with Gasteiger partial charge in [-0.3, -0.25) is 20.4 Å². The second kappa shape index (κ2) is 7.70. The molecular formula is C19H22N2O4S. The van der Waals surface area contributed by atoms with Crippen LogP contribution in [0.1, 0.15) is 45.7 Å². The zero-order chi connectivity index (χ0) is 19.5. The Morgan fingerprint density at radius 1 is 0.885 bits per heavy atom. The summed E-state index contributed by atoms with van der Waals surface area (Å²) >= 11 is 0. The fourth-order valence-electron chi connectivity index (χ4n) is 2.39. The smallest absolute Gasteiger partial charge is 0.267 e. The molecule has 2 aromatic rings. The molecule has 0 heterocycles. The van der Waals surface area contributed by atoms with Gasteiger partial charge < -0.3 is 0 Å². The summed E-state index contributed by atoms with van der Waals surface area (Å²) in [5.41, 5.74) is 7.25. The van der Waals surface area contributed by atoms with Gasteiger partial charge in [0.1, 0.15) is 0 Å². The SMILES string of the molecule is Cc1ccc(C(=O)NNC(=O)c2ccc(S(=O)(=O)C(C)C)cc2)c(C)c1. The summed E-state index contributed by atoms with van der Waals surface area (Å²) in [6, 6.07) is 11.0. The third-order valence-electron chi connectivity index (χ3n) is 3.98. The molecule has 2 rings (SSSR count). The number of nitrogens with one attached hydrogen (secondary N) is 2. The molecule has 0 saturated carbocycles. The Labute approximate surface area is 153 Å². The van der Waals surface area contributed by atoms with E-state index in [9.17, 15) is 18.0 Å². The van der Waals surface area contributed by atoms with Crippen LogP contribution in [0.2, 0.25) is 0 Å². The molecule has 0 aliphatic rings. The maximum absolute atomic E-state index is 12.2. The standard InChI is InChI=1S/C19H22N2O4S/c1-12(2)26(24,25)16-8-6-15(7-9-16)18(22)20-21-19(23)17-10-5-13(3)11-14(17)4/h5-12H,1-4H3,(H,20,22)(H,21,23). The van der Waals surface area contributed by atoms with Gasteiger partial charge in [0.25, 0.3) is 11.8 Å². The van der Waals surface area contributed by atoms with Gasteiger partial charge in [0.05, 0.1) is 10.1 Å². The van der Waals surface area contributed by atoms with Gasteiger partial charge >= 0.3 is 0 Å². The van der Waals surface area contributed by atoms with Crippen molar-refractivity contribution in [3.05, 3.63) is 64.7 Å². The Balaban J connectivity index is 2.05. The lowest BCUT2D eigenvalue weighted by Gasteiger charge is -2.11. The van der Waals surface area contributed by atoms with Gasteiger partial charge in [-0.25, -0.2) is 8.42 Å². The topological polar surface area (TPSA) is 92.3 Å². The minimum absolute atomic E-state index is 0.156. The predicted octanol–water partition coefficient (Wildman–Crippen LogP) is 2.56. The fourth-order valence-corrected chi connectivity index (χ4v) is 3.45. The molecule has 2 amide bonds. The number of aryl methyl sites for hydroxylation is 2. The van der Waals surface area contributed by atoms with E-state index < -0.39 is 26.9 Å². The number of carbonyl (C=O) groups excluding carboxylic acids is 2. The molecule has 2 N–H and O–H groups in total. The van der Waals surface area contributed by atoms with Crippen molar-refractivity contribution in [3.8, 4) is 0 Å². The van der Waals surface area contributed by atoms with Crippen molar-refractivity contribution in [2.75, 3.05) is 0 Å². The quantitative estimate of drug-likeness (QED) is 0.805. The largest absolute Gasteiger partial charge is 0.269 e. The van der Waals surface area contributed by atoms with Gasteiger partial charge in [0.2, 0.25) is 0 Å². The van der Waals surface area contributed by atoms with Crippen molar-refractivity contribution in [2.45, 2.75) is 37.8 Å². The minimum Gasteiger partial charge on any atom is -0.267 e. The second-order valence-corrected chi connectivity index (χ2v) is 8.85. The van der Waals surface area contributed by atoms with Crippen LogP contribution in [0.15, 0.2) is 47.4 Å². The monoisotopic (exact) mass is 374 g/mol. The Morgan fingerprint density at radius 3 is 2.00 bits per heavy atom. The summed E-state index contributed by atoms with van der Waals surface area (Å²) in [4.78, 5) is 24.5. The highest BCUT2D eigenvalue weighted by molar-refractivity contribution is 7.92. The summed E-state index contributed by atoms with van der Waals surface area (Å²) in [6.07, 6.45) is 0. The zero-order valence-electron chi connectivity index (χ0n) is 15.2. The van der Waals surface area contributed by atoms with Crippen molar-refractivity contribution in [1.82, 2.24) is 10.9 Å². The van der Waals surface area contributed by atoms with Crippen LogP contribution >= 0.6 is 0 Å². The highest BCUT2D eigenvalue weighted by atomic mass is 32.2. The Morgan fingerprint density at radius 2 is 1.46 bits per heavy atom. The Hall–Kier alpha value is -2.67. The highest BCUT2D eigenvalue weighted by Crippen LogP contribution is 2.16. The summed E-state index contributed by atoms with van der Waals surface area (Å²) in [5.74, 6) is -0.952. The van der Waals surface area contributed by atoms with Crippen LogP contribution in [0.25, 0.3) is 0 Å². The fraction of sp³-hybridized carbons (Fsp3) is 0.263. The molecule has 0 unspecified atom stereocenters. The number of sulfone groups is 1. The van der Waals surface area contributed by atoms with Crippen LogP contribution in [-0.4, -0.2) is 25.5 Å². The van der Waals surface area contributed by atoms with Crippen LogP contribution in [0.5, 0.6) is 0 Å². The first-order valence-electron chi connectivity index (χ1n) is 8.15. The molecule has 0 saturated heterocycles. The molecular weight excluding hydrogens is 352 g/mol. The van der Waals surface area contributed by atoms with Crippen LogP contribution in [0.3, 0.4) is 0 Å². The Bertz CT molecular complexity index is 933. The first-order chi connectivity index (χ1) is 12.1. The molecule has 0 aliphatic carbocycles. The van der Waals surface area contributed by atoms with E-state index in [4.69, 9.17) is 0 Å². The van der Waals surface area contributed by atoms with Crippen molar-refractivity contribution in [2.24, 2.45) is 0 Å². The molecule has 0 spiro atoms. The Kier molecular flexibility index (Phi) is 5.82. The van der Waals surface area contributed by atoms with E-state index in [1.165, 1.54) is 24.3 Å². The number of benzene rings is 2. The van der Waals surface area contributed by atoms with Crippen molar-refractivity contribution < 1.29 is 18.0 Å². The van der Waals surface area contributed by atoms with Crippen molar-refractivity contribution in [3.63, 3.8) is 0 Å². The lowest BCUT2D eigenvalue weighted by molar-refractivity contribution is 0.0846. The molecule has 0 radical (unpaired) electrons. The van der Waals surface area contributed by atoms with Gasteiger partial charge in [0.15, 0.2) is 9.84 Å². The molecule has 6 nitrogen and oxygen atoms in total. The average molecular weight is 374 g/mol. The molecule has 26 heavy (non-hydrogen) atoms. The van der Waals surface area contributed by atoms with E-state index in [0.717, 1.165) is 11.1 Å². The molecule has 0 atom stereocenters. The maximum atomic E-state index is 12.2. The number of rotatable bonds is 4. The summed E-state index contributed by atoms with van der Waals surface area (Å²) in [6.45, 7) is 6.94. The van der Waals surface area contributed by atoms with Crippen LogP contribution in [0.4, 0.5) is 0 Å². The number of hydrazine groups is 1. The van der Waals surface area contributed by atoms with Gasteiger partial charge in [-0.1, -0.05) is 17.7 Å². The second-order valence-electron chi connectivity index (χ2n) is 6.34. The van der Waals surface area contributed by atoms with E-state index >= 15 is 0 Å². The summed E-state index contributed by atoms with van der Waals surface area (Å²) < 4.78 is 24.2. The zero-order valence-corrected chi connectivity index (χ0v) is 16.0. The van der Waals surface area contributed by atoms with Gasteiger partial charge in [-0.2, -0.15) is 0 Å². The molecule has 0 aliphatic heterocycles. The molecule has 0 aromatic heterocycles. The van der Waals surface area contributed by atoms with E-state index in [0.29, 0.717) is 5.56 Å². The summed E-state index contributed by atoms with van der Waals surface area (Å²) in [7, 11) is -3.39. The molecule has 0 bridgehead atoms. The molecule has 138 valence electrons. The first kappa shape index (κ1) is 19.7. The normalized spacial score (nSPS) is 11.3.